The van der Waals surface area contributed by atoms with Crippen molar-refractivity contribution < 1.29 is 4.74 Å². The summed E-state index contributed by atoms with van der Waals surface area (Å²) >= 11 is 0. The van der Waals surface area contributed by atoms with Gasteiger partial charge in [0.25, 0.3) is 0 Å². The zero-order valence-electron chi connectivity index (χ0n) is 12.6. The molecule has 6 nitrogen and oxygen atoms in total. The summed E-state index contributed by atoms with van der Waals surface area (Å²) in [6, 6.07) is -0.00907. The van der Waals surface area contributed by atoms with E-state index in [0.717, 1.165) is 36.6 Å². The van der Waals surface area contributed by atoms with Crippen molar-refractivity contribution in [3.05, 3.63) is 30.1 Å². The summed E-state index contributed by atoms with van der Waals surface area (Å²) in [5, 5.41) is 7.90. The lowest BCUT2D eigenvalue weighted by molar-refractivity contribution is 0.397. The quantitative estimate of drug-likeness (QED) is 0.837. The standard InChI is InChI=1S/C14H23N5O/c1-5-7-19-14(12(20-4)8-17-19)13(15-6-2)11-9-18(3)10-16-11/h8-10,13,15H,5-7H2,1-4H3. The molecule has 110 valence electrons. The Morgan fingerprint density at radius 1 is 1.40 bits per heavy atom. The fourth-order valence-electron chi connectivity index (χ4n) is 2.34. The maximum absolute atomic E-state index is 5.47. The van der Waals surface area contributed by atoms with Crippen molar-refractivity contribution in [3.8, 4) is 5.75 Å². The van der Waals surface area contributed by atoms with Gasteiger partial charge in [-0.2, -0.15) is 5.10 Å². The van der Waals surface area contributed by atoms with Gasteiger partial charge in [0, 0.05) is 19.8 Å². The van der Waals surface area contributed by atoms with Crippen LogP contribution in [-0.4, -0.2) is 33.0 Å². The van der Waals surface area contributed by atoms with E-state index in [4.69, 9.17) is 4.74 Å². The molecule has 2 rings (SSSR count). The molecule has 0 aromatic carbocycles. The van der Waals surface area contributed by atoms with Crippen molar-refractivity contribution in [2.45, 2.75) is 32.9 Å². The van der Waals surface area contributed by atoms with E-state index in [2.05, 4.69) is 29.2 Å². The van der Waals surface area contributed by atoms with E-state index in [1.807, 2.05) is 28.8 Å². The predicted molar refractivity (Wildman–Crippen MR) is 77.8 cm³/mol. The summed E-state index contributed by atoms with van der Waals surface area (Å²) in [6.45, 7) is 5.94. The molecule has 0 aliphatic carbocycles. The van der Waals surface area contributed by atoms with Crippen LogP contribution in [0.15, 0.2) is 18.7 Å². The van der Waals surface area contributed by atoms with E-state index < -0.39 is 0 Å². The number of ether oxygens (including phenoxy) is 1. The molecular formula is C14H23N5O. The van der Waals surface area contributed by atoms with Crippen molar-refractivity contribution >= 4 is 0 Å². The molecule has 0 fully saturated rings. The molecule has 2 aromatic heterocycles. The Bertz CT molecular complexity index is 546. The van der Waals surface area contributed by atoms with E-state index in [-0.39, 0.29) is 6.04 Å². The van der Waals surface area contributed by atoms with Gasteiger partial charge in [-0.3, -0.25) is 4.68 Å². The van der Waals surface area contributed by atoms with Crippen LogP contribution < -0.4 is 10.1 Å². The van der Waals surface area contributed by atoms with Gasteiger partial charge in [0.05, 0.1) is 31.4 Å². The van der Waals surface area contributed by atoms with Crippen molar-refractivity contribution in [1.82, 2.24) is 24.6 Å². The normalized spacial score (nSPS) is 12.6. The Morgan fingerprint density at radius 3 is 2.75 bits per heavy atom. The molecule has 0 aliphatic rings. The lowest BCUT2D eigenvalue weighted by atomic mass is 10.1. The third-order valence-corrected chi connectivity index (χ3v) is 3.20. The van der Waals surface area contributed by atoms with Crippen LogP contribution in [0.3, 0.4) is 0 Å². The zero-order chi connectivity index (χ0) is 14.5. The van der Waals surface area contributed by atoms with Crippen molar-refractivity contribution in [2.75, 3.05) is 13.7 Å². The number of nitrogens with one attached hydrogen (secondary N) is 1. The third-order valence-electron chi connectivity index (χ3n) is 3.20. The molecule has 0 bridgehead atoms. The molecule has 1 N–H and O–H groups in total. The average Bonchev–Trinajstić information content (AvgIpc) is 3.03. The van der Waals surface area contributed by atoms with Gasteiger partial charge < -0.3 is 14.6 Å². The van der Waals surface area contributed by atoms with Gasteiger partial charge in [0.2, 0.25) is 0 Å². The van der Waals surface area contributed by atoms with E-state index in [0.29, 0.717) is 0 Å². The van der Waals surface area contributed by atoms with Crippen molar-refractivity contribution in [2.24, 2.45) is 7.05 Å². The summed E-state index contributed by atoms with van der Waals surface area (Å²) in [5.41, 5.74) is 2.01. The van der Waals surface area contributed by atoms with Crippen molar-refractivity contribution in [1.29, 1.82) is 0 Å². The van der Waals surface area contributed by atoms with Gasteiger partial charge in [-0.05, 0) is 13.0 Å². The van der Waals surface area contributed by atoms with Crippen LogP contribution in [0.1, 0.15) is 37.7 Å². The maximum atomic E-state index is 5.47. The van der Waals surface area contributed by atoms with E-state index >= 15 is 0 Å². The van der Waals surface area contributed by atoms with Crippen LogP contribution in [0.25, 0.3) is 0 Å². The Hall–Kier alpha value is -1.82. The molecule has 0 aliphatic heterocycles. The molecule has 20 heavy (non-hydrogen) atoms. The second-order valence-corrected chi connectivity index (χ2v) is 4.78. The number of aromatic nitrogens is 4. The van der Waals surface area contributed by atoms with Crippen LogP contribution in [0, 0.1) is 0 Å². The van der Waals surface area contributed by atoms with E-state index in [1.54, 1.807) is 13.3 Å². The molecular weight excluding hydrogens is 254 g/mol. The smallest absolute Gasteiger partial charge is 0.161 e. The molecule has 0 radical (unpaired) electrons. The lowest BCUT2D eigenvalue weighted by Crippen LogP contribution is -2.25. The largest absolute Gasteiger partial charge is 0.493 e. The fraction of sp³-hybridized carbons (Fsp3) is 0.571. The Labute approximate surface area is 119 Å². The number of aryl methyl sites for hydroxylation is 2. The van der Waals surface area contributed by atoms with Gasteiger partial charge in [-0.25, -0.2) is 4.98 Å². The van der Waals surface area contributed by atoms with Gasteiger partial charge in [-0.1, -0.05) is 13.8 Å². The zero-order valence-corrected chi connectivity index (χ0v) is 12.6. The Kier molecular flexibility index (Phi) is 4.79. The van der Waals surface area contributed by atoms with Gasteiger partial charge in [0.15, 0.2) is 5.75 Å². The fourth-order valence-corrected chi connectivity index (χ4v) is 2.34. The number of imidazole rings is 1. The van der Waals surface area contributed by atoms with Gasteiger partial charge in [-0.15, -0.1) is 0 Å². The first-order valence-electron chi connectivity index (χ1n) is 7.02. The third kappa shape index (κ3) is 2.85. The summed E-state index contributed by atoms with van der Waals surface area (Å²) < 4.78 is 9.42. The minimum Gasteiger partial charge on any atom is -0.493 e. The van der Waals surface area contributed by atoms with Crippen molar-refractivity contribution in [3.63, 3.8) is 0 Å². The summed E-state index contributed by atoms with van der Waals surface area (Å²) in [5.74, 6) is 0.801. The maximum Gasteiger partial charge on any atom is 0.161 e. The molecule has 2 aromatic rings. The minimum atomic E-state index is -0.00907. The van der Waals surface area contributed by atoms with E-state index in [9.17, 15) is 0 Å². The molecule has 0 saturated carbocycles. The molecule has 1 unspecified atom stereocenters. The Morgan fingerprint density at radius 2 is 2.20 bits per heavy atom. The van der Waals surface area contributed by atoms with Gasteiger partial charge >= 0.3 is 0 Å². The van der Waals surface area contributed by atoms with Crippen LogP contribution in [0.2, 0.25) is 0 Å². The highest BCUT2D eigenvalue weighted by molar-refractivity contribution is 5.33. The summed E-state index contributed by atoms with van der Waals surface area (Å²) in [7, 11) is 3.65. The second kappa shape index (κ2) is 6.56. The van der Waals surface area contributed by atoms with Crippen LogP contribution in [0.5, 0.6) is 5.75 Å². The van der Waals surface area contributed by atoms with Gasteiger partial charge in [0.1, 0.15) is 5.69 Å². The first-order valence-corrected chi connectivity index (χ1v) is 7.02. The topological polar surface area (TPSA) is 56.9 Å². The second-order valence-electron chi connectivity index (χ2n) is 4.78. The lowest BCUT2D eigenvalue weighted by Gasteiger charge is -2.19. The molecule has 0 saturated heterocycles. The number of rotatable bonds is 7. The monoisotopic (exact) mass is 277 g/mol. The van der Waals surface area contributed by atoms with Crippen LogP contribution in [0.4, 0.5) is 0 Å². The van der Waals surface area contributed by atoms with Crippen LogP contribution >= 0.6 is 0 Å². The SMILES string of the molecule is CCCn1ncc(OC)c1C(NCC)c1cn(C)cn1. The number of methoxy groups -OCH3 is 1. The highest BCUT2D eigenvalue weighted by atomic mass is 16.5. The molecule has 2 heterocycles. The molecule has 1 atom stereocenters. The first kappa shape index (κ1) is 14.6. The van der Waals surface area contributed by atoms with Crippen LogP contribution in [-0.2, 0) is 13.6 Å². The summed E-state index contributed by atoms with van der Waals surface area (Å²) in [4.78, 5) is 4.47. The average molecular weight is 277 g/mol. The Balaban J connectivity index is 2.44. The minimum absolute atomic E-state index is 0.00907. The number of hydrogen-bond acceptors (Lipinski definition) is 4. The molecule has 6 heteroatoms. The highest BCUT2D eigenvalue weighted by Gasteiger charge is 2.24. The molecule has 0 spiro atoms. The number of nitrogens with zero attached hydrogens (tertiary/aromatic N) is 4. The van der Waals surface area contributed by atoms with E-state index in [1.165, 1.54) is 0 Å². The molecule has 0 amide bonds. The summed E-state index contributed by atoms with van der Waals surface area (Å²) in [6.07, 6.45) is 6.64. The number of hydrogen-bond donors (Lipinski definition) is 1. The predicted octanol–water partition coefficient (Wildman–Crippen LogP) is 1.73. The first-order chi connectivity index (χ1) is 9.71. The highest BCUT2D eigenvalue weighted by Crippen LogP contribution is 2.29.